The second-order valence-corrected chi connectivity index (χ2v) is 8.40. The van der Waals surface area contributed by atoms with Crippen molar-refractivity contribution in [3.8, 4) is 22.3 Å². The maximum Gasteiger partial charge on any atom is 0.188 e. The average molecular weight is 449 g/mol. The highest BCUT2D eigenvalue weighted by Gasteiger charge is 2.20. The van der Waals surface area contributed by atoms with E-state index in [0.29, 0.717) is 23.7 Å². The zero-order valence-electron chi connectivity index (χ0n) is 19.0. The third-order valence-electron chi connectivity index (χ3n) is 5.97. The number of nitrogen functional groups attached to an aromatic ring is 2. The molecule has 0 saturated carbocycles. The number of nitrogens with two attached hydrogens (primary N) is 2. The molecule has 5 N–H and O–H groups in total. The van der Waals surface area contributed by atoms with Crippen molar-refractivity contribution in [2.75, 3.05) is 23.4 Å². The van der Waals surface area contributed by atoms with Crippen molar-refractivity contribution >= 4 is 34.3 Å². The summed E-state index contributed by atoms with van der Waals surface area (Å²) in [5.41, 5.74) is 20.7. The van der Waals surface area contributed by atoms with Crippen LogP contribution in [0.25, 0.3) is 22.3 Å². The molecule has 1 heterocycles. The molecule has 34 heavy (non-hydrogen) atoms. The molecule has 170 valence electrons. The first-order valence-electron chi connectivity index (χ1n) is 11.6. The summed E-state index contributed by atoms with van der Waals surface area (Å²) in [4.78, 5) is 4.86. The minimum absolute atomic E-state index is 0.581. The zero-order valence-corrected chi connectivity index (χ0v) is 19.0. The maximum atomic E-state index is 6.81. The summed E-state index contributed by atoms with van der Waals surface area (Å²) >= 11 is 0. The Balaban J connectivity index is 1.76. The number of hydrogen-bond acceptors (Lipinski definition) is 5. The largest absolute Gasteiger partial charge is 0.481 e. The number of hydrogen-bond donors (Lipinski definition) is 3. The Morgan fingerprint density at radius 2 is 1.44 bits per heavy atom. The molecule has 5 heteroatoms. The Morgan fingerprint density at radius 3 is 2.09 bits per heavy atom. The molecule has 0 aliphatic carbocycles. The van der Waals surface area contributed by atoms with Gasteiger partial charge in [0.05, 0.1) is 23.7 Å². The van der Waals surface area contributed by atoms with Gasteiger partial charge in [-0.15, -0.1) is 0 Å². The molecule has 0 spiro atoms. The number of rotatable bonds is 5. The highest BCUT2D eigenvalue weighted by Crippen LogP contribution is 2.47. The predicted octanol–water partition coefficient (Wildman–Crippen LogP) is 7.16. The Labute approximate surface area is 200 Å². The van der Waals surface area contributed by atoms with Crippen LogP contribution in [0, 0.1) is 0 Å². The van der Waals surface area contributed by atoms with Crippen molar-refractivity contribution in [1.82, 2.24) is 0 Å². The van der Waals surface area contributed by atoms with Gasteiger partial charge in [0.2, 0.25) is 0 Å². The molecule has 5 rings (SSSR count). The van der Waals surface area contributed by atoms with Crippen molar-refractivity contribution in [2.45, 2.75) is 19.3 Å². The molecule has 0 aromatic heterocycles. The van der Waals surface area contributed by atoms with Crippen LogP contribution < -0.4 is 16.8 Å². The van der Waals surface area contributed by atoms with Crippen LogP contribution in [0.2, 0.25) is 0 Å². The standard InChI is InChI=1S/C29H28N4O/c30-22-14-16-23(17-15-22)32-29-27(21-11-5-2-6-12-21)24(20-9-3-1-4-10-20)19-25(28(29)31)33-26-13-7-8-18-34-26/h1-6,9-12,14-17,19,32H,7-8,13,18,30-31H2. The number of ether oxygens (including phenoxy) is 1. The number of benzene rings is 4. The molecule has 1 saturated heterocycles. The summed E-state index contributed by atoms with van der Waals surface area (Å²) in [6.07, 6.45) is 2.95. The molecule has 4 aromatic rings. The van der Waals surface area contributed by atoms with Gasteiger partial charge in [-0.3, -0.25) is 0 Å². The van der Waals surface area contributed by atoms with Crippen molar-refractivity contribution in [2.24, 2.45) is 4.99 Å². The zero-order chi connectivity index (χ0) is 23.3. The lowest BCUT2D eigenvalue weighted by Crippen LogP contribution is -2.12. The SMILES string of the molecule is Nc1ccc(Nc2c(N)c(N=C3CCCCO3)cc(-c3ccccc3)c2-c2ccccc2)cc1. The van der Waals surface area contributed by atoms with Crippen molar-refractivity contribution < 1.29 is 4.74 Å². The molecule has 0 unspecified atom stereocenters. The van der Waals surface area contributed by atoms with Gasteiger partial charge in [0.15, 0.2) is 5.90 Å². The summed E-state index contributed by atoms with van der Waals surface area (Å²) < 4.78 is 5.83. The van der Waals surface area contributed by atoms with Crippen LogP contribution in [0.3, 0.4) is 0 Å². The normalized spacial score (nSPS) is 14.5. The van der Waals surface area contributed by atoms with Gasteiger partial charge in [-0.25, -0.2) is 4.99 Å². The van der Waals surface area contributed by atoms with Crippen molar-refractivity contribution in [3.05, 3.63) is 91.0 Å². The molecular formula is C29H28N4O. The van der Waals surface area contributed by atoms with E-state index in [-0.39, 0.29) is 0 Å². The fourth-order valence-electron chi connectivity index (χ4n) is 4.23. The van der Waals surface area contributed by atoms with E-state index >= 15 is 0 Å². The number of nitrogens with one attached hydrogen (secondary N) is 1. The Hall–Kier alpha value is -4.25. The molecule has 5 nitrogen and oxygen atoms in total. The van der Waals surface area contributed by atoms with E-state index in [0.717, 1.165) is 58.8 Å². The van der Waals surface area contributed by atoms with Gasteiger partial charge in [0, 0.05) is 23.4 Å². The number of nitrogens with zero attached hydrogens (tertiary/aromatic N) is 1. The molecule has 0 radical (unpaired) electrons. The smallest absolute Gasteiger partial charge is 0.188 e. The Morgan fingerprint density at radius 1 is 0.765 bits per heavy atom. The first-order chi connectivity index (χ1) is 16.7. The lowest BCUT2D eigenvalue weighted by molar-refractivity contribution is 0.260. The van der Waals surface area contributed by atoms with E-state index in [1.807, 2.05) is 60.7 Å². The van der Waals surface area contributed by atoms with E-state index in [2.05, 4.69) is 35.6 Å². The van der Waals surface area contributed by atoms with Gasteiger partial charge >= 0.3 is 0 Å². The molecule has 1 aliphatic rings. The monoisotopic (exact) mass is 448 g/mol. The highest BCUT2D eigenvalue weighted by molar-refractivity contribution is 6.03. The van der Waals surface area contributed by atoms with Gasteiger partial charge in [0.1, 0.15) is 0 Å². The topological polar surface area (TPSA) is 85.7 Å². The first kappa shape index (κ1) is 21.6. The van der Waals surface area contributed by atoms with Gasteiger partial charge in [-0.05, 0) is 59.9 Å². The minimum Gasteiger partial charge on any atom is -0.481 e. The van der Waals surface area contributed by atoms with E-state index in [4.69, 9.17) is 21.2 Å². The van der Waals surface area contributed by atoms with Crippen LogP contribution >= 0.6 is 0 Å². The van der Waals surface area contributed by atoms with E-state index in [9.17, 15) is 0 Å². The third kappa shape index (κ3) is 4.59. The molecule has 1 fully saturated rings. The second-order valence-electron chi connectivity index (χ2n) is 8.40. The van der Waals surface area contributed by atoms with E-state index < -0.39 is 0 Å². The van der Waals surface area contributed by atoms with Crippen LogP contribution in [0.1, 0.15) is 19.3 Å². The lowest BCUT2D eigenvalue weighted by Gasteiger charge is -2.22. The van der Waals surface area contributed by atoms with Gasteiger partial charge < -0.3 is 21.5 Å². The summed E-state index contributed by atoms with van der Waals surface area (Å²) in [6, 6.07) is 30.4. The van der Waals surface area contributed by atoms with Gasteiger partial charge in [0.25, 0.3) is 0 Å². The Kier molecular flexibility index (Phi) is 6.17. The van der Waals surface area contributed by atoms with Gasteiger partial charge in [-0.1, -0.05) is 60.7 Å². The van der Waals surface area contributed by atoms with Crippen molar-refractivity contribution in [1.29, 1.82) is 0 Å². The molecular weight excluding hydrogens is 420 g/mol. The average Bonchev–Trinajstić information content (AvgIpc) is 2.89. The molecule has 4 aromatic carbocycles. The quantitative estimate of drug-likeness (QED) is 0.283. The van der Waals surface area contributed by atoms with Gasteiger partial charge in [-0.2, -0.15) is 0 Å². The third-order valence-corrected chi connectivity index (χ3v) is 5.97. The van der Waals surface area contributed by atoms with Crippen LogP contribution in [0.4, 0.5) is 28.4 Å². The summed E-state index contributed by atoms with van der Waals surface area (Å²) in [5.74, 6) is 0.739. The van der Waals surface area contributed by atoms with Crippen LogP contribution in [0.15, 0.2) is 96.0 Å². The summed E-state index contributed by atoms with van der Waals surface area (Å²) in [6.45, 7) is 0.697. The molecule has 0 atom stereocenters. The van der Waals surface area contributed by atoms with Crippen LogP contribution in [-0.4, -0.2) is 12.5 Å². The Bertz CT molecular complexity index is 1290. The molecule has 1 aliphatic heterocycles. The maximum absolute atomic E-state index is 6.81. The minimum atomic E-state index is 0.581. The van der Waals surface area contributed by atoms with Crippen molar-refractivity contribution in [3.63, 3.8) is 0 Å². The first-order valence-corrected chi connectivity index (χ1v) is 11.6. The van der Waals surface area contributed by atoms with Crippen LogP contribution in [0.5, 0.6) is 0 Å². The predicted molar refractivity (Wildman–Crippen MR) is 143 cm³/mol. The van der Waals surface area contributed by atoms with Crippen LogP contribution in [-0.2, 0) is 4.74 Å². The highest BCUT2D eigenvalue weighted by atomic mass is 16.5. The van der Waals surface area contributed by atoms with E-state index in [1.54, 1.807) is 0 Å². The fourth-order valence-corrected chi connectivity index (χ4v) is 4.23. The van der Waals surface area contributed by atoms with E-state index in [1.165, 1.54) is 0 Å². The number of aliphatic imine (C=N–C) groups is 1. The molecule has 0 amide bonds. The number of anilines is 4. The summed E-state index contributed by atoms with van der Waals surface area (Å²) in [7, 11) is 0. The molecule has 0 bridgehead atoms. The fraction of sp³-hybridized carbons (Fsp3) is 0.138. The summed E-state index contributed by atoms with van der Waals surface area (Å²) in [5, 5.41) is 3.56. The second kappa shape index (κ2) is 9.71. The lowest BCUT2D eigenvalue weighted by atomic mass is 9.91.